The number of aryl methyl sites for hydroxylation is 2. The van der Waals surface area contributed by atoms with E-state index >= 15 is 0 Å². The molecule has 0 amide bonds. The van der Waals surface area contributed by atoms with Gasteiger partial charge in [0.1, 0.15) is 17.5 Å². The summed E-state index contributed by atoms with van der Waals surface area (Å²) in [6.45, 7) is 3.80. The largest absolute Gasteiger partial charge is 0.542 e. The minimum absolute atomic E-state index is 0.145. The number of rotatable bonds is 3. The summed E-state index contributed by atoms with van der Waals surface area (Å²) in [7, 11) is 0. The number of H-pyrrole nitrogens is 1. The molecule has 0 unspecified atom stereocenters. The molecular weight excluding hydrogens is 208 g/mol. The summed E-state index contributed by atoms with van der Waals surface area (Å²) in [6.07, 6.45) is 0.529. The molecule has 5 nitrogen and oxygen atoms in total. The topological polar surface area (TPSA) is 82.0 Å². The van der Waals surface area contributed by atoms with Crippen molar-refractivity contribution < 1.29 is 14.3 Å². The lowest BCUT2D eigenvalue weighted by atomic mass is 10.1. The highest BCUT2D eigenvalue weighted by molar-refractivity contribution is 5.82. The number of nitrogens with zero attached hydrogens (tertiary/aromatic N) is 1. The predicted octanol–water partition coefficient (Wildman–Crippen LogP) is 0.574. The number of aromatic nitrogens is 2. The highest BCUT2D eigenvalue weighted by atomic mass is 16.4. The van der Waals surface area contributed by atoms with Gasteiger partial charge in [-0.2, -0.15) is 5.10 Å². The number of carboxylic acids is 1. The molecule has 0 aromatic carbocycles. The van der Waals surface area contributed by atoms with Crippen LogP contribution in [0, 0.1) is 13.8 Å². The Labute approximate surface area is 92.1 Å². The smallest absolute Gasteiger partial charge is 0.149 e. The van der Waals surface area contributed by atoms with Crippen LogP contribution < -0.4 is 5.11 Å². The van der Waals surface area contributed by atoms with Gasteiger partial charge in [-0.05, 0) is 26.0 Å². The quantitative estimate of drug-likeness (QED) is 0.818. The number of hydrogen-bond acceptors (Lipinski definition) is 4. The second-order valence-corrected chi connectivity index (χ2v) is 3.64. The SMILES string of the molecule is Cc1n[nH]c(C)c1Cc1ccc(C(=O)[O-])o1. The van der Waals surface area contributed by atoms with E-state index in [2.05, 4.69) is 10.2 Å². The molecule has 0 atom stereocenters. The molecule has 2 heterocycles. The number of hydrogen-bond donors (Lipinski definition) is 1. The standard InChI is InChI=1S/C11H12N2O3/c1-6-9(7(2)13-12-6)5-8-3-4-10(16-8)11(14)15/h3-4H,5H2,1-2H3,(H,12,13)(H,14,15)/p-1. The normalized spacial score (nSPS) is 10.6. The van der Waals surface area contributed by atoms with Gasteiger partial charge in [-0.3, -0.25) is 5.10 Å². The molecule has 0 aliphatic heterocycles. The van der Waals surface area contributed by atoms with Gasteiger partial charge in [0.25, 0.3) is 0 Å². The van der Waals surface area contributed by atoms with E-state index < -0.39 is 5.97 Å². The third kappa shape index (κ3) is 1.84. The van der Waals surface area contributed by atoms with Crippen LogP contribution in [0.15, 0.2) is 16.5 Å². The molecule has 0 radical (unpaired) electrons. The van der Waals surface area contributed by atoms with Crippen LogP contribution in [0.4, 0.5) is 0 Å². The molecular formula is C11H11N2O3-. The maximum atomic E-state index is 10.5. The lowest BCUT2D eigenvalue weighted by Crippen LogP contribution is -2.21. The lowest BCUT2D eigenvalue weighted by Gasteiger charge is -1.99. The molecule has 2 rings (SSSR count). The Bertz CT molecular complexity index is 506. The highest BCUT2D eigenvalue weighted by Crippen LogP contribution is 2.17. The zero-order valence-corrected chi connectivity index (χ0v) is 9.03. The van der Waals surface area contributed by atoms with Crippen molar-refractivity contribution in [3.05, 3.63) is 40.6 Å². The van der Waals surface area contributed by atoms with E-state index in [1.54, 1.807) is 6.07 Å². The molecule has 84 valence electrons. The van der Waals surface area contributed by atoms with Crippen LogP contribution in [0.25, 0.3) is 0 Å². The van der Waals surface area contributed by atoms with Crippen molar-refractivity contribution in [2.75, 3.05) is 0 Å². The first kappa shape index (κ1) is 10.5. The summed E-state index contributed by atoms with van der Waals surface area (Å²) in [5.74, 6) is -0.854. The van der Waals surface area contributed by atoms with Crippen LogP contribution in [0.2, 0.25) is 0 Å². The van der Waals surface area contributed by atoms with Gasteiger partial charge in [0.2, 0.25) is 0 Å². The Morgan fingerprint density at radius 2 is 2.25 bits per heavy atom. The molecule has 2 aromatic rings. The number of carbonyl (C=O) groups excluding carboxylic acids is 1. The number of carboxylic acid groups (broad SMARTS) is 1. The fraction of sp³-hybridized carbons (Fsp3) is 0.273. The van der Waals surface area contributed by atoms with Crippen LogP contribution in [0.5, 0.6) is 0 Å². The highest BCUT2D eigenvalue weighted by Gasteiger charge is 2.10. The van der Waals surface area contributed by atoms with Gasteiger partial charge in [-0.25, -0.2) is 0 Å². The first-order valence-electron chi connectivity index (χ1n) is 4.88. The Kier molecular flexibility index (Phi) is 2.52. The van der Waals surface area contributed by atoms with E-state index in [0.29, 0.717) is 12.2 Å². The van der Waals surface area contributed by atoms with E-state index in [4.69, 9.17) is 4.42 Å². The van der Waals surface area contributed by atoms with Gasteiger partial charge in [-0.15, -0.1) is 0 Å². The number of aromatic amines is 1. The minimum atomic E-state index is -1.30. The third-order valence-corrected chi connectivity index (χ3v) is 2.49. The van der Waals surface area contributed by atoms with Crippen LogP contribution in [0.1, 0.15) is 33.3 Å². The molecule has 0 spiro atoms. The monoisotopic (exact) mass is 219 g/mol. The summed E-state index contributed by atoms with van der Waals surface area (Å²) in [5.41, 5.74) is 2.88. The Balaban J connectivity index is 2.24. The van der Waals surface area contributed by atoms with Crippen LogP contribution in [-0.4, -0.2) is 16.2 Å². The van der Waals surface area contributed by atoms with Gasteiger partial charge in [-0.1, -0.05) is 0 Å². The number of furan rings is 1. The molecule has 16 heavy (non-hydrogen) atoms. The van der Waals surface area contributed by atoms with Gasteiger partial charge >= 0.3 is 0 Å². The van der Waals surface area contributed by atoms with Gasteiger partial charge < -0.3 is 14.3 Å². The predicted molar refractivity (Wildman–Crippen MR) is 53.9 cm³/mol. The lowest BCUT2D eigenvalue weighted by molar-refractivity contribution is -0.257. The first-order chi connectivity index (χ1) is 7.58. The second-order valence-electron chi connectivity index (χ2n) is 3.64. The third-order valence-electron chi connectivity index (χ3n) is 2.49. The van der Waals surface area contributed by atoms with Crippen molar-refractivity contribution in [2.45, 2.75) is 20.3 Å². The fourth-order valence-corrected chi connectivity index (χ4v) is 1.59. The average Bonchev–Trinajstić information content (AvgIpc) is 2.80. The van der Waals surface area contributed by atoms with Gasteiger partial charge in [0, 0.05) is 17.7 Å². The number of nitrogens with one attached hydrogen (secondary N) is 1. The summed E-state index contributed by atoms with van der Waals surface area (Å²) in [4.78, 5) is 10.5. The van der Waals surface area contributed by atoms with Crippen molar-refractivity contribution in [2.24, 2.45) is 0 Å². The van der Waals surface area contributed by atoms with E-state index in [1.165, 1.54) is 6.07 Å². The summed E-state index contributed by atoms with van der Waals surface area (Å²) in [5, 5.41) is 17.5. The molecule has 0 aliphatic rings. The van der Waals surface area contributed by atoms with Crippen molar-refractivity contribution >= 4 is 5.97 Å². The van der Waals surface area contributed by atoms with Gasteiger partial charge in [0.15, 0.2) is 0 Å². The Morgan fingerprint density at radius 1 is 1.50 bits per heavy atom. The van der Waals surface area contributed by atoms with Crippen molar-refractivity contribution in [1.29, 1.82) is 0 Å². The molecule has 2 aromatic heterocycles. The van der Waals surface area contributed by atoms with Crippen molar-refractivity contribution in [3.8, 4) is 0 Å². The minimum Gasteiger partial charge on any atom is -0.542 e. The molecule has 0 saturated carbocycles. The summed E-state index contributed by atoms with van der Waals surface area (Å²) >= 11 is 0. The van der Waals surface area contributed by atoms with Crippen molar-refractivity contribution in [3.63, 3.8) is 0 Å². The second kappa shape index (κ2) is 3.84. The first-order valence-corrected chi connectivity index (χ1v) is 4.88. The molecule has 0 saturated heterocycles. The average molecular weight is 219 g/mol. The Morgan fingerprint density at radius 3 is 2.75 bits per heavy atom. The zero-order valence-electron chi connectivity index (χ0n) is 9.03. The van der Waals surface area contributed by atoms with Crippen LogP contribution in [0.3, 0.4) is 0 Å². The molecule has 5 heteroatoms. The Hall–Kier alpha value is -2.04. The maximum Gasteiger partial charge on any atom is 0.149 e. The number of carbonyl (C=O) groups is 1. The molecule has 1 N–H and O–H groups in total. The van der Waals surface area contributed by atoms with Crippen molar-refractivity contribution in [1.82, 2.24) is 10.2 Å². The molecule has 0 bridgehead atoms. The fourth-order valence-electron chi connectivity index (χ4n) is 1.59. The number of aromatic carboxylic acids is 1. The van der Waals surface area contributed by atoms with E-state index in [9.17, 15) is 9.90 Å². The maximum absolute atomic E-state index is 10.5. The van der Waals surface area contributed by atoms with Crippen LogP contribution >= 0.6 is 0 Å². The van der Waals surface area contributed by atoms with E-state index in [-0.39, 0.29) is 5.76 Å². The van der Waals surface area contributed by atoms with E-state index in [1.807, 2.05) is 13.8 Å². The zero-order chi connectivity index (χ0) is 11.7. The van der Waals surface area contributed by atoms with E-state index in [0.717, 1.165) is 17.0 Å². The van der Waals surface area contributed by atoms with Crippen LogP contribution in [-0.2, 0) is 6.42 Å². The summed E-state index contributed by atoms with van der Waals surface area (Å²) in [6, 6.07) is 3.03. The van der Waals surface area contributed by atoms with Gasteiger partial charge in [0.05, 0.1) is 5.69 Å². The molecule has 0 aliphatic carbocycles. The molecule has 0 fully saturated rings. The summed E-state index contributed by atoms with van der Waals surface area (Å²) < 4.78 is 5.12.